The quantitative estimate of drug-likeness (QED) is 0.820. The van der Waals surface area contributed by atoms with Gasteiger partial charge in [-0.15, -0.1) is 11.6 Å². The monoisotopic (exact) mass is 251 g/mol. The van der Waals surface area contributed by atoms with Gasteiger partial charge in [-0.25, -0.2) is 0 Å². The lowest BCUT2D eigenvalue weighted by atomic mass is 10.1. The molecule has 0 saturated heterocycles. The van der Waals surface area contributed by atoms with Crippen molar-refractivity contribution in [1.29, 1.82) is 0 Å². The van der Waals surface area contributed by atoms with E-state index in [9.17, 15) is 4.79 Å². The second kappa shape index (κ2) is 6.06. The minimum Gasteiger partial charge on any atom is -0.353 e. The Morgan fingerprint density at radius 3 is 2.76 bits per heavy atom. The van der Waals surface area contributed by atoms with Crippen LogP contribution in [0.1, 0.15) is 24.8 Å². The number of hydrogen-bond donors (Lipinski definition) is 1. The van der Waals surface area contributed by atoms with E-state index < -0.39 is 0 Å². The molecular formula is C14H18ClNO. The molecule has 1 aromatic carbocycles. The van der Waals surface area contributed by atoms with Crippen LogP contribution in [0.25, 0.3) is 0 Å². The topological polar surface area (TPSA) is 29.1 Å². The Labute approximate surface area is 107 Å². The maximum atomic E-state index is 11.9. The van der Waals surface area contributed by atoms with E-state index in [0.29, 0.717) is 18.2 Å². The summed E-state index contributed by atoms with van der Waals surface area (Å²) in [6.45, 7) is 0. The summed E-state index contributed by atoms with van der Waals surface area (Å²) >= 11 is 5.89. The Kier molecular flexibility index (Phi) is 4.43. The fraction of sp³-hybridized carbons (Fsp3) is 0.500. The normalized spacial score (nSPS) is 23.6. The predicted molar refractivity (Wildman–Crippen MR) is 70.1 cm³/mol. The van der Waals surface area contributed by atoms with E-state index in [0.717, 1.165) is 18.4 Å². The molecule has 2 rings (SSSR count). The third-order valence-corrected chi connectivity index (χ3v) is 3.81. The summed E-state index contributed by atoms with van der Waals surface area (Å²) in [5, 5.41) is 3.10. The number of nitrogens with one attached hydrogen (secondary N) is 1. The van der Waals surface area contributed by atoms with Crippen molar-refractivity contribution in [2.24, 2.45) is 5.92 Å². The van der Waals surface area contributed by atoms with Gasteiger partial charge in [0.2, 0.25) is 5.91 Å². The molecule has 2 nitrogen and oxygen atoms in total. The zero-order valence-corrected chi connectivity index (χ0v) is 10.6. The standard InChI is InChI=1S/C14H18ClNO/c15-10-12-7-4-8-13(12)16-14(17)9-11-5-2-1-3-6-11/h1-3,5-6,12-13H,4,7-10H2,(H,16,17). The molecule has 0 spiro atoms. The van der Waals surface area contributed by atoms with E-state index in [1.165, 1.54) is 6.42 Å². The zero-order valence-electron chi connectivity index (χ0n) is 9.86. The van der Waals surface area contributed by atoms with Crippen LogP contribution in [-0.4, -0.2) is 17.8 Å². The third kappa shape index (κ3) is 3.47. The van der Waals surface area contributed by atoms with Gasteiger partial charge in [0.25, 0.3) is 0 Å². The number of carbonyl (C=O) groups excluding carboxylic acids is 1. The first-order valence-corrected chi connectivity index (χ1v) is 6.72. The summed E-state index contributed by atoms with van der Waals surface area (Å²) in [6.07, 6.45) is 3.84. The van der Waals surface area contributed by atoms with Crippen molar-refractivity contribution in [3.05, 3.63) is 35.9 Å². The first-order valence-electron chi connectivity index (χ1n) is 6.19. The molecule has 92 valence electrons. The molecule has 1 amide bonds. The number of benzene rings is 1. The van der Waals surface area contributed by atoms with Gasteiger partial charge in [-0.05, 0) is 24.3 Å². The van der Waals surface area contributed by atoms with E-state index in [1.807, 2.05) is 30.3 Å². The molecule has 1 aliphatic rings. The van der Waals surface area contributed by atoms with Crippen molar-refractivity contribution in [3.8, 4) is 0 Å². The lowest BCUT2D eigenvalue weighted by Crippen LogP contribution is -2.38. The molecule has 0 aliphatic heterocycles. The average molecular weight is 252 g/mol. The van der Waals surface area contributed by atoms with Gasteiger partial charge < -0.3 is 5.32 Å². The second-order valence-corrected chi connectivity index (χ2v) is 4.99. The van der Waals surface area contributed by atoms with Gasteiger partial charge in [0.05, 0.1) is 6.42 Å². The lowest BCUT2D eigenvalue weighted by molar-refractivity contribution is -0.121. The van der Waals surface area contributed by atoms with E-state index >= 15 is 0 Å². The SMILES string of the molecule is O=C(Cc1ccccc1)NC1CCCC1CCl. The summed E-state index contributed by atoms with van der Waals surface area (Å²) in [7, 11) is 0. The first kappa shape index (κ1) is 12.4. The first-order chi connectivity index (χ1) is 8.29. The molecule has 1 saturated carbocycles. The van der Waals surface area contributed by atoms with E-state index in [4.69, 9.17) is 11.6 Å². The van der Waals surface area contributed by atoms with Crippen LogP contribution in [-0.2, 0) is 11.2 Å². The van der Waals surface area contributed by atoms with Crippen LogP contribution in [0, 0.1) is 5.92 Å². The van der Waals surface area contributed by atoms with Gasteiger partial charge in [0, 0.05) is 11.9 Å². The molecule has 1 aliphatic carbocycles. The molecule has 1 N–H and O–H groups in total. The molecule has 2 atom stereocenters. The van der Waals surface area contributed by atoms with E-state index in [1.54, 1.807) is 0 Å². The van der Waals surface area contributed by atoms with Gasteiger partial charge in [0.1, 0.15) is 0 Å². The summed E-state index contributed by atoms with van der Waals surface area (Å²) in [5.41, 5.74) is 1.06. The molecule has 1 fully saturated rings. The largest absolute Gasteiger partial charge is 0.353 e. The van der Waals surface area contributed by atoms with Gasteiger partial charge in [-0.3, -0.25) is 4.79 Å². The molecule has 1 aromatic rings. The Morgan fingerprint density at radius 1 is 1.29 bits per heavy atom. The van der Waals surface area contributed by atoms with Crippen LogP contribution in [0.15, 0.2) is 30.3 Å². The van der Waals surface area contributed by atoms with Crippen molar-refractivity contribution in [3.63, 3.8) is 0 Å². The van der Waals surface area contributed by atoms with Crippen molar-refractivity contribution in [2.75, 3.05) is 5.88 Å². The third-order valence-electron chi connectivity index (χ3n) is 3.41. The maximum Gasteiger partial charge on any atom is 0.224 e. The van der Waals surface area contributed by atoms with Crippen LogP contribution >= 0.6 is 11.6 Å². The molecule has 0 radical (unpaired) electrons. The van der Waals surface area contributed by atoms with Crippen LogP contribution in [0.5, 0.6) is 0 Å². The fourth-order valence-electron chi connectivity index (χ4n) is 2.45. The smallest absolute Gasteiger partial charge is 0.224 e. The number of halogens is 1. The number of amides is 1. The fourth-order valence-corrected chi connectivity index (χ4v) is 2.82. The van der Waals surface area contributed by atoms with Crippen molar-refractivity contribution in [2.45, 2.75) is 31.7 Å². The van der Waals surface area contributed by atoms with E-state index in [2.05, 4.69) is 5.32 Å². The minimum atomic E-state index is 0.109. The maximum absolute atomic E-state index is 11.9. The molecule has 2 unspecified atom stereocenters. The predicted octanol–water partition coefficient (Wildman–Crippen LogP) is 2.75. The highest BCUT2D eigenvalue weighted by Gasteiger charge is 2.27. The lowest BCUT2D eigenvalue weighted by Gasteiger charge is -2.18. The minimum absolute atomic E-state index is 0.109. The molecule has 0 aromatic heterocycles. The highest BCUT2D eigenvalue weighted by Crippen LogP contribution is 2.26. The zero-order chi connectivity index (χ0) is 12.1. The van der Waals surface area contributed by atoms with Crippen molar-refractivity contribution in [1.82, 2.24) is 5.32 Å². The number of rotatable bonds is 4. The average Bonchev–Trinajstić information content (AvgIpc) is 2.77. The number of alkyl halides is 1. The molecular weight excluding hydrogens is 234 g/mol. The van der Waals surface area contributed by atoms with Gasteiger partial charge in [0.15, 0.2) is 0 Å². The van der Waals surface area contributed by atoms with Crippen molar-refractivity contribution < 1.29 is 4.79 Å². The highest BCUT2D eigenvalue weighted by atomic mass is 35.5. The Hall–Kier alpha value is -1.02. The van der Waals surface area contributed by atoms with Gasteiger partial charge >= 0.3 is 0 Å². The second-order valence-electron chi connectivity index (χ2n) is 4.68. The Bertz CT molecular complexity index is 366. The van der Waals surface area contributed by atoms with Gasteiger partial charge in [-0.1, -0.05) is 36.8 Å². The van der Waals surface area contributed by atoms with Crippen molar-refractivity contribution >= 4 is 17.5 Å². The summed E-state index contributed by atoms with van der Waals surface area (Å²) < 4.78 is 0. The summed E-state index contributed by atoms with van der Waals surface area (Å²) in [4.78, 5) is 11.9. The summed E-state index contributed by atoms with van der Waals surface area (Å²) in [6, 6.07) is 10.1. The molecule has 17 heavy (non-hydrogen) atoms. The Balaban J connectivity index is 1.85. The molecule has 0 bridgehead atoms. The molecule has 0 heterocycles. The van der Waals surface area contributed by atoms with E-state index in [-0.39, 0.29) is 11.9 Å². The molecule has 3 heteroatoms. The van der Waals surface area contributed by atoms with Crippen LogP contribution in [0.3, 0.4) is 0 Å². The summed E-state index contributed by atoms with van der Waals surface area (Å²) in [5.74, 6) is 1.21. The number of carbonyl (C=O) groups is 1. The van der Waals surface area contributed by atoms with Gasteiger partial charge in [-0.2, -0.15) is 0 Å². The van der Waals surface area contributed by atoms with Crippen LogP contribution in [0.4, 0.5) is 0 Å². The van der Waals surface area contributed by atoms with Crippen LogP contribution in [0.2, 0.25) is 0 Å². The highest BCUT2D eigenvalue weighted by molar-refractivity contribution is 6.18. The van der Waals surface area contributed by atoms with Crippen LogP contribution < -0.4 is 5.32 Å². The number of hydrogen-bond acceptors (Lipinski definition) is 1. The Morgan fingerprint density at radius 2 is 2.06 bits per heavy atom.